The summed E-state index contributed by atoms with van der Waals surface area (Å²) in [5.74, 6) is -0.136. The maximum absolute atomic E-state index is 12.3. The topological polar surface area (TPSA) is 106 Å². The van der Waals surface area contributed by atoms with Gasteiger partial charge in [-0.1, -0.05) is 6.07 Å². The summed E-state index contributed by atoms with van der Waals surface area (Å²) in [7, 11) is -0.750. The van der Waals surface area contributed by atoms with Gasteiger partial charge in [-0.05, 0) is 31.0 Å². The van der Waals surface area contributed by atoms with Gasteiger partial charge in [0.05, 0.1) is 17.7 Å². The SMILES string of the molecule is CN(C)S(=O)(=O)Nc1cccc(NC(=O)N2CCC[C@H](C#N)C2)c1. The Morgan fingerprint density at radius 2 is 2.08 bits per heavy atom. The fraction of sp³-hybridized carbons (Fsp3) is 0.467. The van der Waals surface area contributed by atoms with Crippen LogP contribution in [0.15, 0.2) is 24.3 Å². The van der Waals surface area contributed by atoms with Gasteiger partial charge in [-0.2, -0.15) is 18.0 Å². The highest BCUT2D eigenvalue weighted by molar-refractivity contribution is 7.90. The van der Waals surface area contributed by atoms with Crippen LogP contribution in [0.3, 0.4) is 0 Å². The Hall–Kier alpha value is -2.31. The van der Waals surface area contributed by atoms with E-state index in [-0.39, 0.29) is 11.9 Å². The number of nitrogens with zero attached hydrogens (tertiary/aromatic N) is 3. The highest BCUT2D eigenvalue weighted by Crippen LogP contribution is 2.19. The zero-order chi connectivity index (χ0) is 17.7. The highest BCUT2D eigenvalue weighted by Gasteiger charge is 2.23. The van der Waals surface area contributed by atoms with Crippen molar-refractivity contribution in [1.29, 1.82) is 5.26 Å². The van der Waals surface area contributed by atoms with Crippen LogP contribution in [0.4, 0.5) is 16.2 Å². The molecule has 2 amide bonds. The van der Waals surface area contributed by atoms with Crippen molar-refractivity contribution in [3.8, 4) is 6.07 Å². The summed E-state index contributed by atoms with van der Waals surface area (Å²) >= 11 is 0. The predicted molar refractivity (Wildman–Crippen MR) is 91.6 cm³/mol. The molecule has 0 saturated carbocycles. The van der Waals surface area contributed by atoms with Gasteiger partial charge in [0.2, 0.25) is 0 Å². The van der Waals surface area contributed by atoms with Gasteiger partial charge in [0.25, 0.3) is 0 Å². The second kappa shape index (κ2) is 7.51. The number of benzene rings is 1. The predicted octanol–water partition coefficient (Wildman–Crippen LogP) is 1.67. The molecule has 1 heterocycles. The van der Waals surface area contributed by atoms with E-state index in [0.717, 1.165) is 17.1 Å². The van der Waals surface area contributed by atoms with Gasteiger partial charge in [0, 0.05) is 32.9 Å². The molecular weight excluding hydrogens is 330 g/mol. The zero-order valence-electron chi connectivity index (χ0n) is 13.7. The second-order valence-electron chi connectivity index (χ2n) is 5.81. The average molecular weight is 351 g/mol. The number of piperidine rings is 1. The standard InChI is InChI=1S/C15H21N5O3S/c1-19(2)24(22,23)18-14-7-3-6-13(9-14)17-15(21)20-8-4-5-12(10-16)11-20/h3,6-7,9,12,18H,4-5,8,11H2,1-2H3,(H,17,21)/t12-/m1/s1. The number of carbonyl (C=O) groups excluding carboxylic acids is 1. The fourth-order valence-corrected chi connectivity index (χ4v) is 2.98. The Bertz CT molecular complexity index is 742. The minimum atomic E-state index is -3.60. The molecule has 1 fully saturated rings. The molecule has 0 aliphatic carbocycles. The van der Waals surface area contributed by atoms with Crippen molar-refractivity contribution in [1.82, 2.24) is 9.21 Å². The van der Waals surface area contributed by atoms with E-state index in [1.54, 1.807) is 29.2 Å². The molecule has 24 heavy (non-hydrogen) atoms. The van der Waals surface area contributed by atoms with Crippen molar-refractivity contribution >= 4 is 27.6 Å². The Balaban J connectivity index is 2.04. The van der Waals surface area contributed by atoms with Crippen LogP contribution in [0, 0.1) is 17.2 Å². The smallest absolute Gasteiger partial charge is 0.321 e. The molecule has 9 heteroatoms. The first kappa shape index (κ1) is 18.0. The van der Waals surface area contributed by atoms with Crippen LogP contribution >= 0.6 is 0 Å². The molecule has 1 aromatic rings. The number of hydrogen-bond acceptors (Lipinski definition) is 4. The van der Waals surface area contributed by atoms with E-state index in [2.05, 4.69) is 16.1 Å². The third-order valence-electron chi connectivity index (χ3n) is 3.73. The first-order chi connectivity index (χ1) is 11.3. The molecule has 1 aliphatic rings. The minimum absolute atomic E-state index is 0.136. The quantitative estimate of drug-likeness (QED) is 0.860. The van der Waals surface area contributed by atoms with Gasteiger partial charge in [0.15, 0.2) is 0 Å². The van der Waals surface area contributed by atoms with Crippen LogP contribution in [0.1, 0.15) is 12.8 Å². The van der Waals surface area contributed by atoms with Crippen molar-refractivity contribution in [2.45, 2.75) is 12.8 Å². The number of likely N-dealkylation sites (tertiary alicyclic amines) is 1. The van der Waals surface area contributed by atoms with Gasteiger partial charge in [0.1, 0.15) is 0 Å². The summed E-state index contributed by atoms with van der Waals surface area (Å²) in [6.45, 7) is 1.02. The summed E-state index contributed by atoms with van der Waals surface area (Å²) in [5, 5.41) is 11.7. The number of rotatable bonds is 4. The van der Waals surface area contributed by atoms with Gasteiger partial charge >= 0.3 is 16.2 Å². The fourth-order valence-electron chi connectivity index (χ4n) is 2.37. The first-order valence-electron chi connectivity index (χ1n) is 7.57. The Labute approximate surface area is 142 Å². The van der Waals surface area contributed by atoms with E-state index in [1.807, 2.05) is 0 Å². The molecule has 1 saturated heterocycles. The number of nitriles is 1. The number of carbonyl (C=O) groups is 1. The second-order valence-corrected chi connectivity index (χ2v) is 7.70. The molecule has 0 radical (unpaired) electrons. The molecule has 130 valence electrons. The largest absolute Gasteiger partial charge is 0.323 e. The number of urea groups is 1. The van der Waals surface area contributed by atoms with Crippen LogP contribution in [-0.4, -0.2) is 50.8 Å². The van der Waals surface area contributed by atoms with Crippen molar-refractivity contribution < 1.29 is 13.2 Å². The van der Waals surface area contributed by atoms with Crippen LogP contribution in [0.2, 0.25) is 0 Å². The van der Waals surface area contributed by atoms with E-state index in [0.29, 0.717) is 24.5 Å². The normalized spacial score (nSPS) is 18.1. The summed E-state index contributed by atoms with van der Waals surface area (Å²) in [5.41, 5.74) is 0.841. The van der Waals surface area contributed by atoms with Gasteiger partial charge in [-0.15, -0.1) is 0 Å². The van der Waals surface area contributed by atoms with Gasteiger partial charge in [-0.25, -0.2) is 4.79 Å². The first-order valence-corrected chi connectivity index (χ1v) is 9.01. The maximum Gasteiger partial charge on any atom is 0.321 e. The molecule has 0 unspecified atom stereocenters. The number of amides is 2. The van der Waals surface area contributed by atoms with Crippen molar-refractivity contribution in [3.05, 3.63) is 24.3 Å². The average Bonchev–Trinajstić information content (AvgIpc) is 2.54. The van der Waals surface area contributed by atoms with E-state index in [4.69, 9.17) is 5.26 Å². The van der Waals surface area contributed by atoms with Crippen LogP contribution in [0.25, 0.3) is 0 Å². The van der Waals surface area contributed by atoms with Crippen molar-refractivity contribution in [2.24, 2.45) is 5.92 Å². The summed E-state index contributed by atoms with van der Waals surface area (Å²) in [6.07, 6.45) is 1.61. The number of anilines is 2. The third kappa shape index (κ3) is 4.59. The lowest BCUT2D eigenvalue weighted by Gasteiger charge is -2.29. The van der Waals surface area contributed by atoms with Gasteiger partial charge in [-0.3, -0.25) is 4.72 Å². The summed E-state index contributed by atoms with van der Waals surface area (Å²) in [4.78, 5) is 13.9. The molecule has 2 N–H and O–H groups in total. The third-order valence-corrected chi connectivity index (χ3v) is 5.19. The maximum atomic E-state index is 12.3. The van der Waals surface area contributed by atoms with Gasteiger partial charge < -0.3 is 10.2 Å². The van der Waals surface area contributed by atoms with Crippen LogP contribution in [-0.2, 0) is 10.2 Å². The number of hydrogen-bond donors (Lipinski definition) is 2. The minimum Gasteiger partial charge on any atom is -0.323 e. The monoisotopic (exact) mass is 351 g/mol. The Morgan fingerprint density at radius 3 is 2.75 bits per heavy atom. The summed E-state index contributed by atoms with van der Waals surface area (Å²) < 4.78 is 27.2. The molecule has 0 bridgehead atoms. The Kier molecular flexibility index (Phi) is 5.64. The van der Waals surface area contributed by atoms with E-state index in [1.165, 1.54) is 14.1 Å². The molecule has 1 atom stereocenters. The molecule has 2 rings (SSSR count). The Morgan fingerprint density at radius 1 is 1.38 bits per heavy atom. The molecule has 0 aromatic heterocycles. The van der Waals surface area contributed by atoms with E-state index < -0.39 is 10.2 Å². The van der Waals surface area contributed by atoms with E-state index in [9.17, 15) is 13.2 Å². The van der Waals surface area contributed by atoms with E-state index >= 15 is 0 Å². The molecular formula is C15H21N5O3S. The molecule has 1 aliphatic heterocycles. The molecule has 0 spiro atoms. The lowest BCUT2D eigenvalue weighted by molar-refractivity contribution is 0.189. The lowest BCUT2D eigenvalue weighted by Crippen LogP contribution is -2.42. The molecule has 8 nitrogen and oxygen atoms in total. The van der Waals surface area contributed by atoms with Crippen LogP contribution in [0.5, 0.6) is 0 Å². The van der Waals surface area contributed by atoms with Crippen molar-refractivity contribution in [3.63, 3.8) is 0 Å². The molecule has 1 aromatic carbocycles. The number of nitrogens with one attached hydrogen (secondary N) is 2. The summed E-state index contributed by atoms with van der Waals surface area (Å²) in [6, 6.07) is 8.38. The zero-order valence-corrected chi connectivity index (χ0v) is 14.5. The van der Waals surface area contributed by atoms with Crippen molar-refractivity contribution in [2.75, 3.05) is 37.2 Å². The lowest BCUT2D eigenvalue weighted by atomic mass is 10.0. The highest BCUT2D eigenvalue weighted by atomic mass is 32.2. The van der Waals surface area contributed by atoms with Crippen LogP contribution < -0.4 is 10.0 Å².